The van der Waals surface area contributed by atoms with Crippen LogP contribution >= 0.6 is 0 Å². The minimum atomic E-state index is -0.505. The number of methoxy groups -OCH3 is 1. The van der Waals surface area contributed by atoms with Gasteiger partial charge in [0.05, 0.1) is 18.4 Å². The lowest BCUT2D eigenvalue weighted by molar-refractivity contribution is -0.120. The number of hydrogen-bond donors (Lipinski definition) is 0. The summed E-state index contributed by atoms with van der Waals surface area (Å²) in [6.07, 6.45) is 0. The Morgan fingerprint density at radius 2 is 1.66 bits per heavy atom. The van der Waals surface area contributed by atoms with Gasteiger partial charge in [-0.2, -0.15) is 0 Å². The average molecular weight is 395 g/mol. The summed E-state index contributed by atoms with van der Waals surface area (Å²) < 4.78 is 19.3. The molecule has 0 N–H and O–H groups in total. The van der Waals surface area contributed by atoms with Gasteiger partial charge in [0.25, 0.3) is 11.8 Å². The van der Waals surface area contributed by atoms with Crippen molar-refractivity contribution in [3.05, 3.63) is 65.6 Å². The van der Waals surface area contributed by atoms with E-state index >= 15 is 0 Å². The molecule has 4 rings (SSSR count). The lowest BCUT2D eigenvalue weighted by Crippen LogP contribution is -2.46. The van der Waals surface area contributed by atoms with E-state index in [9.17, 15) is 14.0 Å². The molecule has 0 radical (unpaired) electrons. The van der Waals surface area contributed by atoms with E-state index in [0.29, 0.717) is 35.7 Å². The monoisotopic (exact) mass is 395 g/mol. The fraction of sp³-hybridized carbons (Fsp3) is 0.273. The van der Waals surface area contributed by atoms with Crippen molar-refractivity contribution in [2.24, 2.45) is 0 Å². The fourth-order valence-corrected chi connectivity index (χ4v) is 3.79. The number of nitrogens with zero attached hydrogens (tertiary/aromatic N) is 3. The first-order valence-corrected chi connectivity index (χ1v) is 9.46. The summed E-state index contributed by atoms with van der Waals surface area (Å²) in [5.41, 5.74) is 1.41. The normalized spacial score (nSPS) is 18.0. The molecule has 2 amide bonds. The molecule has 2 aliphatic rings. The van der Waals surface area contributed by atoms with Crippen LogP contribution in [0.25, 0.3) is 5.57 Å². The number of imide groups is 1. The van der Waals surface area contributed by atoms with E-state index in [2.05, 4.69) is 4.90 Å². The molecule has 2 aromatic rings. The summed E-state index contributed by atoms with van der Waals surface area (Å²) in [5, 5.41) is 0. The quantitative estimate of drug-likeness (QED) is 0.744. The summed E-state index contributed by atoms with van der Waals surface area (Å²) in [6.45, 7) is 2.81. The molecule has 150 valence electrons. The van der Waals surface area contributed by atoms with Gasteiger partial charge >= 0.3 is 0 Å². The lowest BCUT2D eigenvalue weighted by Gasteiger charge is -2.34. The lowest BCUT2D eigenvalue weighted by atomic mass is 10.0. The third kappa shape index (κ3) is 3.38. The van der Waals surface area contributed by atoms with Crippen molar-refractivity contribution in [2.45, 2.75) is 0 Å². The molecule has 1 fully saturated rings. The number of ether oxygens (including phenoxy) is 1. The van der Waals surface area contributed by atoms with Crippen LogP contribution in [0.5, 0.6) is 5.75 Å². The van der Waals surface area contributed by atoms with Gasteiger partial charge in [-0.05, 0) is 31.3 Å². The number of halogens is 1. The molecular weight excluding hydrogens is 373 g/mol. The zero-order valence-corrected chi connectivity index (χ0v) is 16.4. The highest BCUT2D eigenvalue weighted by Gasteiger charge is 2.43. The van der Waals surface area contributed by atoms with Gasteiger partial charge in [-0.3, -0.25) is 9.59 Å². The fourth-order valence-electron chi connectivity index (χ4n) is 3.79. The van der Waals surface area contributed by atoms with Crippen LogP contribution in [0.2, 0.25) is 0 Å². The van der Waals surface area contributed by atoms with E-state index in [0.717, 1.165) is 18.0 Å². The van der Waals surface area contributed by atoms with E-state index in [1.54, 1.807) is 24.3 Å². The molecule has 0 aliphatic carbocycles. The Morgan fingerprint density at radius 1 is 0.931 bits per heavy atom. The Bertz CT molecular complexity index is 996. The highest BCUT2D eigenvalue weighted by atomic mass is 19.1. The summed E-state index contributed by atoms with van der Waals surface area (Å²) >= 11 is 0. The van der Waals surface area contributed by atoms with Gasteiger partial charge < -0.3 is 14.5 Å². The zero-order valence-electron chi connectivity index (χ0n) is 16.4. The number of amides is 2. The van der Waals surface area contributed by atoms with Gasteiger partial charge in [0.2, 0.25) is 0 Å². The number of hydrogen-bond acceptors (Lipinski definition) is 5. The van der Waals surface area contributed by atoms with Crippen molar-refractivity contribution in [1.29, 1.82) is 0 Å². The maximum Gasteiger partial charge on any atom is 0.282 e. The molecule has 2 aliphatic heterocycles. The van der Waals surface area contributed by atoms with E-state index in [1.165, 1.54) is 25.3 Å². The zero-order chi connectivity index (χ0) is 20.5. The summed E-state index contributed by atoms with van der Waals surface area (Å²) in [7, 11) is 3.55. The molecule has 2 aromatic carbocycles. The average Bonchev–Trinajstić information content (AvgIpc) is 2.98. The Kier molecular flexibility index (Phi) is 5.07. The largest absolute Gasteiger partial charge is 0.496 e. The molecular formula is C22H22FN3O3. The predicted molar refractivity (Wildman–Crippen MR) is 108 cm³/mol. The Hall–Kier alpha value is -3.19. The van der Waals surface area contributed by atoms with Gasteiger partial charge in [-0.25, -0.2) is 9.29 Å². The van der Waals surface area contributed by atoms with Crippen molar-refractivity contribution in [1.82, 2.24) is 9.80 Å². The van der Waals surface area contributed by atoms with E-state index < -0.39 is 17.6 Å². The van der Waals surface area contributed by atoms with Gasteiger partial charge in [0, 0.05) is 31.7 Å². The smallest absolute Gasteiger partial charge is 0.282 e. The van der Waals surface area contributed by atoms with Crippen molar-refractivity contribution >= 4 is 23.1 Å². The number of benzene rings is 2. The summed E-state index contributed by atoms with van der Waals surface area (Å²) in [5.74, 6) is -0.906. The first kappa shape index (κ1) is 19.1. The first-order chi connectivity index (χ1) is 14.0. The maximum atomic E-state index is 13.8. The maximum absolute atomic E-state index is 13.8. The third-order valence-corrected chi connectivity index (χ3v) is 5.32. The van der Waals surface area contributed by atoms with Crippen molar-refractivity contribution in [2.75, 3.05) is 45.2 Å². The number of anilines is 1. The summed E-state index contributed by atoms with van der Waals surface area (Å²) in [6, 6.07) is 12.7. The molecule has 0 spiro atoms. The molecule has 1 saturated heterocycles. The second kappa shape index (κ2) is 7.67. The van der Waals surface area contributed by atoms with Crippen LogP contribution in [0.3, 0.4) is 0 Å². The molecule has 0 bridgehead atoms. The van der Waals surface area contributed by atoms with Crippen LogP contribution in [-0.4, -0.2) is 62.0 Å². The molecule has 29 heavy (non-hydrogen) atoms. The number of rotatable bonds is 4. The standard InChI is InChI=1S/C22H22FN3O3/c1-24-10-12-25(13-11-24)20-19(17-8-3-4-9-18(17)29-2)21(27)26(22(20)28)16-7-5-6-15(23)14-16/h3-9,14H,10-13H2,1-2H3. The SMILES string of the molecule is COc1ccccc1C1=C(N2CCN(C)CC2)C(=O)N(c2cccc(F)c2)C1=O. The first-order valence-electron chi connectivity index (χ1n) is 9.46. The molecule has 0 aromatic heterocycles. The predicted octanol–water partition coefficient (Wildman–Crippen LogP) is 2.37. The number of piperazine rings is 1. The number of carbonyl (C=O) groups is 2. The van der Waals surface area contributed by atoms with Crippen molar-refractivity contribution < 1.29 is 18.7 Å². The molecule has 6 nitrogen and oxygen atoms in total. The van der Waals surface area contributed by atoms with Gasteiger partial charge in [0.1, 0.15) is 17.3 Å². The summed E-state index contributed by atoms with van der Waals surface area (Å²) in [4.78, 5) is 32.0. The minimum Gasteiger partial charge on any atom is -0.496 e. The Balaban J connectivity index is 1.85. The van der Waals surface area contributed by atoms with Crippen molar-refractivity contribution in [3.8, 4) is 5.75 Å². The number of para-hydroxylation sites is 1. The molecule has 2 heterocycles. The third-order valence-electron chi connectivity index (χ3n) is 5.32. The van der Waals surface area contributed by atoms with Gasteiger partial charge in [-0.15, -0.1) is 0 Å². The van der Waals surface area contributed by atoms with Crippen LogP contribution in [0.4, 0.5) is 10.1 Å². The highest BCUT2D eigenvalue weighted by Crippen LogP contribution is 2.38. The van der Waals surface area contributed by atoms with Gasteiger partial charge in [-0.1, -0.05) is 24.3 Å². The Labute approximate surface area is 168 Å². The topological polar surface area (TPSA) is 53.1 Å². The van der Waals surface area contributed by atoms with Crippen LogP contribution in [0, 0.1) is 5.82 Å². The van der Waals surface area contributed by atoms with Crippen LogP contribution in [0.1, 0.15) is 5.56 Å². The van der Waals surface area contributed by atoms with Crippen molar-refractivity contribution in [3.63, 3.8) is 0 Å². The minimum absolute atomic E-state index is 0.219. The molecule has 0 saturated carbocycles. The number of carbonyl (C=O) groups excluding carboxylic acids is 2. The molecule has 0 unspecified atom stereocenters. The highest BCUT2D eigenvalue weighted by molar-refractivity contribution is 6.45. The van der Waals surface area contributed by atoms with E-state index in [4.69, 9.17) is 4.74 Å². The van der Waals surface area contributed by atoms with Crippen LogP contribution in [-0.2, 0) is 9.59 Å². The van der Waals surface area contributed by atoms with E-state index in [-0.39, 0.29) is 5.69 Å². The van der Waals surface area contributed by atoms with Gasteiger partial charge in [0.15, 0.2) is 0 Å². The van der Waals surface area contributed by atoms with E-state index in [1.807, 2.05) is 18.0 Å². The van der Waals surface area contributed by atoms with Crippen LogP contribution < -0.4 is 9.64 Å². The Morgan fingerprint density at radius 3 is 2.34 bits per heavy atom. The van der Waals surface area contributed by atoms with Crippen LogP contribution in [0.15, 0.2) is 54.2 Å². The second-order valence-electron chi connectivity index (χ2n) is 7.14. The molecule has 0 atom stereocenters. The number of likely N-dealkylation sites (N-methyl/N-ethyl adjacent to an activating group) is 1. The molecule has 7 heteroatoms. The second-order valence-corrected chi connectivity index (χ2v) is 7.14.